The molecule has 1 heterocycles. The van der Waals surface area contributed by atoms with Crippen LogP contribution in [-0.4, -0.2) is 11.8 Å². The van der Waals surface area contributed by atoms with E-state index in [2.05, 4.69) is 33.5 Å². The maximum Gasteiger partial charge on any atom is 0.258 e. The number of halogens is 1. The predicted octanol–water partition coefficient (Wildman–Crippen LogP) is 7.29. The molecule has 1 aromatic heterocycles. The average molecular weight is 519 g/mol. The summed E-state index contributed by atoms with van der Waals surface area (Å²) in [5.41, 5.74) is 2.98. The summed E-state index contributed by atoms with van der Waals surface area (Å²) in [6, 6.07) is 21.1. The maximum absolute atomic E-state index is 13.6. The van der Waals surface area contributed by atoms with Gasteiger partial charge in [0.1, 0.15) is 5.00 Å². The zero-order valence-corrected chi connectivity index (χ0v) is 20.6. The van der Waals surface area contributed by atoms with Crippen molar-refractivity contribution in [2.45, 2.75) is 26.2 Å². The number of hydrogen-bond acceptors (Lipinski definition) is 3. The Hall–Kier alpha value is -2.96. The first-order valence-electron chi connectivity index (χ1n) is 11.0. The molecule has 4 nitrogen and oxygen atoms in total. The maximum atomic E-state index is 13.6. The third kappa shape index (κ3) is 4.45. The third-order valence-electron chi connectivity index (χ3n) is 6.09. The van der Waals surface area contributed by atoms with E-state index in [-0.39, 0.29) is 11.8 Å². The minimum absolute atomic E-state index is 0.178. The zero-order valence-electron chi connectivity index (χ0n) is 18.2. The summed E-state index contributed by atoms with van der Waals surface area (Å²) in [4.78, 5) is 27.8. The fraction of sp³-hybridized carbons (Fsp3) is 0.185. The van der Waals surface area contributed by atoms with Gasteiger partial charge in [-0.1, -0.05) is 65.3 Å². The lowest BCUT2D eigenvalue weighted by Crippen LogP contribution is -2.19. The standard InChI is InChI=1S/C27H23BrN2O2S/c1-16-12-13-21-23(14-16)33-27(30-25(31)18-8-4-9-19(28)15-18)24(21)26(32)29-22-11-5-7-17-6-2-3-10-20(17)22/h2-11,15-16H,12-14H2,1H3,(H,29,32)(H,30,31). The molecule has 0 saturated heterocycles. The second kappa shape index (κ2) is 9.12. The molecule has 0 bridgehead atoms. The predicted molar refractivity (Wildman–Crippen MR) is 140 cm³/mol. The molecule has 2 amide bonds. The molecule has 1 aliphatic rings. The first-order valence-corrected chi connectivity index (χ1v) is 12.6. The van der Waals surface area contributed by atoms with Crippen molar-refractivity contribution in [1.29, 1.82) is 0 Å². The highest BCUT2D eigenvalue weighted by molar-refractivity contribution is 9.10. The molecule has 1 unspecified atom stereocenters. The van der Waals surface area contributed by atoms with Gasteiger partial charge < -0.3 is 10.6 Å². The highest BCUT2D eigenvalue weighted by atomic mass is 79.9. The Bertz CT molecular complexity index is 1370. The van der Waals surface area contributed by atoms with E-state index in [1.54, 1.807) is 12.1 Å². The molecular weight excluding hydrogens is 496 g/mol. The van der Waals surface area contributed by atoms with Crippen molar-refractivity contribution in [1.82, 2.24) is 0 Å². The molecular formula is C27H23BrN2O2S. The van der Waals surface area contributed by atoms with Crippen LogP contribution in [0.1, 0.15) is 44.5 Å². The van der Waals surface area contributed by atoms with E-state index in [0.717, 1.165) is 45.8 Å². The van der Waals surface area contributed by atoms with Crippen LogP contribution in [0.2, 0.25) is 0 Å². The number of carbonyl (C=O) groups is 2. The molecule has 1 atom stereocenters. The molecule has 4 aromatic rings. The number of nitrogens with one attached hydrogen (secondary N) is 2. The summed E-state index contributed by atoms with van der Waals surface area (Å²) in [5, 5.41) is 8.83. The van der Waals surface area contributed by atoms with Crippen LogP contribution in [-0.2, 0) is 12.8 Å². The number of fused-ring (bicyclic) bond motifs is 2. The molecule has 0 aliphatic heterocycles. The van der Waals surface area contributed by atoms with Gasteiger partial charge in [0.15, 0.2) is 0 Å². The van der Waals surface area contributed by atoms with Gasteiger partial charge in [0.25, 0.3) is 11.8 Å². The van der Waals surface area contributed by atoms with Crippen molar-refractivity contribution in [2.24, 2.45) is 5.92 Å². The molecule has 5 rings (SSSR count). The minimum atomic E-state index is -0.220. The normalized spacial score (nSPS) is 15.2. The number of amides is 2. The number of hydrogen-bond donors (Lipinski definition) is 2. The summed E-state index contributed by atoms with van der Waals surface area (Å²) in [7, 11) is 0. The average Bonchev–Trinajstić information content (AvgIpc) is 3.16. The van der Waals surface area contributed by atoms with Crippen molar-refractivity contribution in [3.8, 4) is 0 Å². The summed E-state index contributed by atoms with van der Waals surface area (Å²) in [5.74, 6) is 0.170. The largest absolute Gasteiger partial charge is 0.321 e. The van der Waals surface area contributed by atoms with E-state index >= 15 is 0 Å². The van der Waals surface area contributed by atoms with Gasteiger partial charge in [0.2, 0.25) is 0 Å². The Morgan fingerprint density at radius 1 is 0.970 bits per heavy atom. The summed E-state index contributed by atoms with van der Waals surface area (Å²) in [6.45, 7) is 2.23. The van der Waals surface area contributed by atoms with Crippen LogP contribution in [0.5, 0.6) is 0 Å². The van der Waals surface area contributed by atoms with Gasteiger partial charge in [0, 0.05) is 26.0 Å². The molecule has 0 saturated carbocycles. The number of rotatable bonds is 4. The van der Waals surface area contributed by atoms with Gasteiger partial charge in [-0.3, -0.25) is 9.59 Å². The first-order chi connectivity index (χ1) is 16.0. The fourth-order valence-corrected chi connectivity index (χ4v) is 6.21. The van der Waals surface area contributed by atoms with E-state index in [9.17, 15) is 9.59 Å². The van der Waals surface area contributed by atoms with Gasteiger partial charge in [0.05, 0.1) is 5.56 Å². The summed E-state index contributed by atoms with van der Waals surface area (Å²) < 4.78 is 0.836. The van der Waals surface area contributed by atoms with Crippen molar-refractivity contribution in [3.63, 3.8) is 0 Å². The Kier molecular flexibility index (Phi) is 6.04. The van der Waals surface area contributed by atoms with Crippen molar-refractivity contribution < 1.29 is 9.59 Å². The molecule has 2 N–H and O–H groups in total. The second-order valence-corrected chi connectivity index (χ2v) is 10.5. The molecule has 0 spiro atoms. The Morgan fingerprint density at radius 3 is 2.61 bits per heavy atom. The Balaban J connectivity index is 1.51. The number of carbonyl (C=O) groups excluding carboxylic acids is 2. The first kappa shape index (κ1) is 21.9. The molecule has 33 heavy (non-hydrogen) atoms. The van der Waals surface area contributed by atoms with E-state index < -0.39 is 0 Å². The molecule has 166 valence electrons. The van der Waals surface area contributed by atoms with Gasteiger partial charge in [-0.15, -0.1) is 11.3 Å². The SMILES string of the molecule is CC1CCc2c(sc(NC(=O)c3cccc(Br)c3)c2C(=O)Nc2cccc3ccccc23)C1. The molecule has 1 aliphatic carbocycles. The van der Waals surface area contributed by atoms with Crippen LogP contribution < -0.4 is 10.6 Å². The Morgan fingerprint density at radius 2 is 1.76 bits per heavy atom. The van der Waals surface area contributed by atoms with E-state index in [0.29, 0.717) is 22.0 Å². The summed E-state index contributed by atoms with van der Waals surface area (Å²) in [6.07, 6.45) is 2.82. The van der Waals surface area contributed by atoms with E-state index in [1.165, 1.54) is 16.2 Å². The lowest BCUT2D eigenvalue weighted by molar-refractivity contribution is 0.102. The lowest BCUT2D eigenvalue weighted by atomic mass is 9.88. The molecule has 3 aromatic carbocycles. The third-order valence-corrected chi connectivity index (χ3v) is 7.75. The van der Waals surface area contributed by atoms with Crippen LogP contribution in [0.4, 0.5) is 10.7 Å². The van der Waals surface area contributed by atoms with Crippen molar-refractivity contribution in [2.75, 3.05) is 10.6 Å². The number of thiophene rings is 1. The van der Waals surface area contributed by atoms with Crippen LogP contribution in [0.3, 0.4) is 0 Å². The highest BCUT2D eigenvalue weighted by Crippen LogP contribution is 2.40. The van der Waals surface area contributed by atoms with E-state index in [4.69, 9.17) is 0 Å². The van der Waals surface area contributed by atoms with E-state index in [1.807, 2.05) is 54.6 Å². The van der Waals surface area contributed by atoms with Gasteiger partial charge in [-0.25, -0.2) is 0 Å². The Labute approximate surface area is 205 Å². The molecule has 0 radical (unpaired) electrons. The van der Waals surface area contributed by atoms with Crippen LogP contribution in [0.25, 0.3) is 10.8 Å². The molecule has 0 fully saturated rings. The lowest BCUT2D eigenvalue weighted by Gasteiger charge is -2.19. The van der Waals surface area contributed by atoms with Gasteiger partial charge in [-0.05, 0) is 60.4 Å². The quantitative estimate of drug-likeness (QED) is 0.297. The minimum Gasteiger partial charge on any atom is -0.321 e. The van der Waals surface area contributed by atoms with Crippen molar-refractivity contribution >= 4 is 60.5 Å². The van der Waals surface area contributed by atoms with Crippen LogP contribution in [0.15, 0.2) is 71.2 Å². The zero-order chi connectivity index (χ0) is 22.9. The molecule has 6 heteroatoms. The highest BCUT2D eigenvalue weighted by Gasteiger charge is 2.29. The fourth-order valence-electron chi connectivity index (χ4n) is 4.40. The van der Waals surface area contributed by atoms with Crippen LogP contribution >= 0.6 is 27.3 Å². The topological polar surface area (TPSA) is 58.2 Å². The van der Waals surface area contributed by atoms with Crippen molar-refractivity contribution in [3.05, 3.63) is 92.8 Å². The van der Waals surface area contributed by atoms with Gasteiger partial charge in [-0.2, -0.15) is 0 Å². The monoisotopic (exact) mass is 518 g/mol. The number of benzene rings is 3. The summed E-state index contributed by atoms with van der Waals surface area (Å²) >= 11 is 4.95. The van der Waals surface area contributed by atoms with Crippen LogP contribution in [0, 0.1) is 5.92 Å². The smallest absolute Gasteiger partial charge is 0.258 e. The van der Waals surface area contributed by atoms with Gasteiger partial charge >= 0.3 is 0 Å². The second-order valence-electron chi connectivity index (χ2n) is 8.50. The number of anilines is 2.